The summed E-state index contributed by atoms with van der Waals surface area (Å²) in [4.78, 5) is 26.0. The fourth-order valence-corrected chi connectivity index (χ4v) is 2.55. The molecule has 0 bridgehead atoms. The van der Waals surface area contributed by atoms with Gasteiger partial charge in [-0.2, -0.15) is 4.98 Å². The first-order valence-electron chi connectivity index (χ1n) is 6.14. The highest BCUT2D eigenvalue weighted by Gasteiger charge is 2.10. The fraction of sp³-hybridized carbons (Fsp3) is 0.214. The van der Waals surface area contributed by atoms with Crippen molar-refractivity contribution in [3.63, 3.8) is 0 Å². The maximum absolute atomic E-state index is 11.4. The Bertz CT molecular complexity index is 682. The van der Waals surface area contributed by atoms with Gasteiger partial charge in [-0.1, -0.05) is 36.9 Å². The Kier molecular flexibility index (Phi) is 4.57. The Balaban J connectivity index is 2.50. The summed E-state index contributed by atoms with van der Waals surface area (Å²) < 4.78 is 1.76. The minimum Gasteiger partial charge on any atom is -0.481 e. The zero-order valence-corrected chi connectivity index (χ0v) is 11.8. The van der Waals surface area contributed by atoms with E-state index >= 15 is 0 Å². The Labute approximate surface area is 120 Å². The van der Waals surface area contributed by atoms with Gasteiger partial charge < -0.3 is 5.11 Å². The highest BCUT2D eigenvalue weighted by molar-refractivity contribution is 7.99. The molecule has 2 aromatic rings. The third-order valence-corrected chi connectivity index (χ3v) is 3.67. The zero-order valence-electron chi connectivity index (χ0n) is 10.9. The number of thioether (sulfide) groups is 1. The molecule has 1 aromatic heterocycles. The van der Waals surface area contributed by atoms with Crippen molar-refractivity contribution in [1.29, 1.82) is 0 Å². The van der Waals surface area contributed by atoms with Crippen LogP contribution in [0.1, 0.15) is 12.5 Å². The first-order valence-corrected chi connectivity index (χ1v) is 7.13. The maximum atomic E-state index is 11.4. The molecule has 20 heavy (non-hydrogen) atoms. The monoisotopic (exact) mass is 290 g/mol. The Morgan fingerprint density at radius 2 is 2.10 bits per heavy atom. The van der Waals surface area contributed by atoms with Crippen molar-refractivity contribution in [2.24, 2.45) is 0 Å². The predicted molar refractivity (Wildman–Crippen MR) is 77.6 cm³/mol. The topological polar surface area (TPSA) is 72.2 Å². The summed E-state index contributed by atoms with van der Waals surface area (Å²) in [7, 11) is 0. The van der Waals surface area contributed by atoms with Gasteiger partial charge in [0.25, 0.3) is 5.56 Å². The molecule has 0 aliphatic heterocycles. The molecule has 0 aliphatic rings. The number of aryl methyl sites for hydroxylation is 1. The molecule has 104 valence electrons. The van der Waals surface area contributed by atoms with Gasteiger partial charge in [-0.3, -0.25) is 14.2 Å². The predicted octanol–water partition coefficient (Wildman–Crippen LogP) is 1.97. The molecular formula is C14H14N2O3S. The lowest BCUT2D eigenvalue weighted by Crippen LogP contribution is -2.14. The zero-order chi connectivity index (χ0) is 14.5. The SMILES string of the molecule is CCc1ccccc1-n1ccc(=O)nc1SCC(=O)O. The van der Waals surface area contributed by atoms with Crippen LogP contribution in [0.15, 0.2) is 46.5 Å². The van der Waals surface area contributed by atoms with Crippen LogP contribution in [0.5, 0.6) is 0 Å². The lowest BCUT2D eigenvalue weighted by atomic mass is 10.1. The second-order valence-corrected chi connectivity index (χ2v) is 5.03. The summed E-state index contributed by atoms with van der Waals surface area (Å²) in [5.41, 5.74) is 1.65. The van der Waals surface area contributed by atoms with Gasteiger partial charge in [0.05, 0.1) is 11.4 Å². The number of carboxylic acid groups (broad SMARTS) is 1. The molecule has 6 heteroatoms. The summed E-state index contributed by atoms with van der Waals surface area (Å²) in [6.45, 7) is 2.04. The Morgan fingerprint density at radius 3 is 2.80 bits per heavy atom. The molecule has 1 heterocycles. The van der Waals surface area contributed by atoms with E-state index < -0.39 is 5.97 Å². The molecule has 2 rings (SSSR count). The van der Waals surface area contributed by atoms with Crippen LogP contribution < -0.4 is 5.56 Å². The van der Waals surface area contributed by atoms with Crippen LogP contribution in [0.25, 0.3) is 5.69 Å². The molecule has 0 radical (unpaired) electrons. The third kappa shape index (κ3) is 3.27. The standard InChI is InChI=1S/C14H14N2O3S/c1-2-10-5-3-4-6-11(10)16-8-7-12(17)15-14(16)20-9-13(18)19/h3-8H,2,9H2,1H3,(H,18,19). The number of para-hydroxylation sites is 1. The molecule has 0 aliphatic carbocycles. The van der Waals surface area contributed by atoms with Crippen molar-refractivity contribution >= 4 is 17.7 Å². The van der Waals surface area contributed by atoms with E-state index in [2.05, 4.69) is 4.98 Å². The number of rotatable bonds is 5. The van der Waals surface area contributed by atoms with E-state index in [1.807, 2.05) is 31.2 Å². The number of benzene rings is 1. The first-order chi connectivity index (χ1) is 9.61. The second-order valence-electron chi connectivity index (χ2n) is 4.08. The molecule has 0 spiro atoms. The van der Waals surface area contributed by atoms with Crippen LogP contribution in [0.4, 0.5) is 0 Å². The van der Waals surface area contributed by atoms with Gasteiger partial charge in [0.15, 0.2) is 5.16 Å². The van der Waals surface area contributed by atoms with Gasteiger partial charge in [-0.25, -0.2) is 0 Å². The highest BCUT2D eigenvalue weighted by Crippen LogP contribution is 2.21. The molecule has 0 atom stereocenters. The molecule has 0 unspecified atom stereocenters. The number of aliphatic carboxylic acids is 1. The summed E-state index contributed by atoms with van der Waals surface area (Å²) >= 11 is 1.04. The lowest BCUT2D eigenvalue weighted by molar-refractivity contribution is -0.133. The van der Waals surface area contributed by atoms with Crippen molar-refractivity contribution < 1.29 is 9.90 Å². The minimum atomic E-state index is -0.941. The van der Waals surface area contributed by atoms with E-state index in [4.69, 9.17) is 5.11 Å². The second kappa shape index (κ2) is 6.38. The van der Waals surface area contributed by atoms with Crippen LogP contribution in [0.2, 0.25) is 0 Å². The summed E-state index contributed by atoms with van der Waals surface area (Å²) in [5.74, 6) is -1.08. The maximum Gasteiger partial charge on any atom is 0.313 e. The van der Waals surface area contributed by atoms with E-state index in [1.54, 1.807) is 10.8 Å². The number of carbonyl (C=O) groups is 1. The van der Waals surface area contributed by atoms with E-state index in [0.29, 0.717) is 5.16 Å². The van der Waals surface area contributed by atoms with Gasteiger partial charge in [-0.15, -0.1) is 0 Å². The van der Waals surface area contributed by atoms with Gasteiger partial charge in [0.2, 0.25) is 0 Å². The number of aromatic nitrogens is 2. The molecule has 0 amide bonds. The largest absolute Gasteiger partial charge is 0.481 e. The molecule has 0 saturated heterocycles. The first kappa shape index (κ1) is 14.3. The van der Waals surface area contributed by atoms with E-state index in [0.717, 1.165) is 29.4 Å². The fourth-order valence-electron chi connectivity index (χ4n) is 1.84. The highest BCUT2D eigenvalue weighted by atomic mass is 32.2. The van der Waals surface area contributed by atoms with Crippen molar-refractivity contribution in [2.75, 3.05) is 5.75 Å². The van der Waals surface area contributed by atoms with E-state index in [-0.39, 0.29) is 11.3 Å². The van der Waals surface area contributed by atoms with Gasteiger partial charge in [0, 0.05) is 12.3 Å². The Morgan fingerprint density at radius 1 is 1.35 bits per heavy atom. The van der Waals surface area contributed by atoms with Crippen molar-refractivity contribution in [3.05, 3.63) is 52.4 Å². The van der Waals surface area contributed by atoms with Crippen molar-refractivity contribution in [3.8, 4) is 5.69 Å². The number of carboxylic acids is 1. The number of nitrogens with zero attached hydrogens (tertiary/aromatic N) is 2. The molecule has 1 aromatic carbocycles. The molecule has 0 saturated carbocycles. The third-order valence-electron chi connectivity index (χ3n) is 2.73. The van der Waals surface area contributed by atoms with Crippen molar-refractivity contribution in [1.82, 2.24) is 9.55 Å². The van der Waals surface area contributed by atoms with E-state index in [9.17, 15) is 9.59 Å². The lowest BCUT2D eigenvalue weighted by Gasteiger charge is -2.14. The van der Waals surface area contributed by atoms with Gasteiger partial charge >= 0.3 is 5.97 Å². The molecule has 0 fully saturated rings. The van der Waals surface area contributed by atoms with Crippen LogP contribution in [0, 0.1) is 0 Å². The summed E-state index contributed by atoms with van der Waals surface area (Å²) in [6.07, 6.45) is 2.47. The van der Waals surface area contributed by atoms with Crippen LogP contribution in [0.3, 0.4) is 0 Å². The number of hydrogen-bond acceptors (Lipinski definition) is 4. The Hall–Kier alpha value is -2.08. The normalized spacial score (nSPS) is 10.4. The molecule has 1 N–H and O–H groups in total. The van der Waals surface area contributed by atoms with Gasteiger partial charge in [0.1, 0.15) is 0 Å². The van der Waals surface area contributed by atoms with Crippen LogP contribution in [-0.2, 0) is 11.2 Å². The van der Waals surface area contributed by atoms with E-state index in [1.165, 1.54) is 6.07 Å². The smallest absolute Gasteiger partial charge is 0.313 e. The van der Waals surface area contributed by atoms with Crippen molar-refractivity contribution in [2.45, 2.75) is 18.5 Å². The summed E-state index contributed by atoms with van der Waals surface area (Å²) in [6, 6.07) is 9.15. The quantitative estimate of drug-likeness (QED) is 0.673. The molecule has 5 nitrogen and oxygen atoms in total. The van der Waals surface area contributed by atoms with Crippen LogP contribution >= 0.6 is 11.8 Å². The molecular weight excluding hydrogens is 276 g/mol. The average Bonchev–Trinajstić information content (AvgIpc) is 2.45. The number of hydrogen-bond donors (Lipinski definition) is 1. The van der Waals surface area contributed by atoms with Crippen LogP contribution in [-0.4, -0.2) is 26.4 Å². The summed E-state index contributed by atoms with van der Waals surface area (Å²) in [5, 5.41) is 9.16. The minimum absolute atomic E-state index is 0.134. The average molecular weight is 290 g/mol. The van der Waals surface area contributed by atoms with Gasteiger partial charge in [-0.05, 0) is 18.1 Å².